The molecule has 0 saturated heterocycles. The normalized spacial score (nSPS) is 11.7. The van der Waals surface area contributed by atoms with Gasteiger partial charge in [0.25, 0.3) is 0 Å². The van der Waals surface area contributed by atoms with Crippen molar-refractivity contribution in [3.8, 4) is 16.9 Å². The molecular formula is C21H16F3N3O. The zero-order valence-electron chi connectivity index (χ0n) is 14.7. The van der Waals surface area contributed by atoms with Crippen molar-refractivity contribution < 1.29 is 17.9 Å². The average Bonchev–Trinajstić information content (AvgIpc) is 3.08. The smallest absolute Gasteiger partial charge is 0.406 e. The van der Waals surface area contributed by atoms with E-state index in [0.717, 1.165) is 33.3 Å². The first-order chi connectivity index (χ1) is 13.5. The number of pyridine rings is 1. The second-order valence-electron chi connectivity index (χ2n) is 6.37. The van der Waals surface area contributed by atoms with Crippen LogP contribution >= 0.6 is 0 Å². The van der Waals surface area contributed by atoms with Gasteiger partial charge in [-0.1, -0.05) is 24.3 Å². The molecule has 0 unspecified atom stereocenters. The molecule has 28 heavy (non-hydrogen) atoms. The van der Waals surface area contributed by atoms with Gasteiger partial charge >= 0.3 is 6.36 Å². The number of ether oxygens (including phenoxy) is 1. The summed E-state index contributed by atoms with van der Waals surface area (Å²) in [7, 11) is 0. The van der Waals surface area contributed by atoms with Gasteiger partial charge in [-0.2, -0.15) is 5.10 Å². The Balaban J connectivity index is 1.51. The number of hydrogen-bond donors (Lipinski definition) is 1. The second kappa shape index (κ2) is 7.34. The molecule has 0 saturated carbocycles. The molecule has 4 aromatic rings. The number of benzene rings is 2. The van der Waals surface area contributed by atoms with E-state index in [1.807, 2.05) is 30.3 Å². The van der Waals surface area contributed by atoms with E-state index in [-0.39, 0.29) is 5.75 Å². The van der Waals surface area contributed by atoms with Crippen molar-refractivity contribution in [1.82, 2.24) is 15.2 Å². The van der Waals surface area contributed by atoms with Gasteiger partial charge in [0.15, 0.2) is 0 Å². The van der Waals surface area contributed by atoms with Crippen LogP contribution in [0.5, 0.6) is 5.75 Å². The molecule has 0 aliphatic heterocycles. The topological polar surface area (TPSA) is 50.8 Å². The van der Waals surface area contributed by atoms with Gasteiger partial charge in [-0.25, -0.2) is 0 Å². The lowest BCUT2D eigenvalue weighted by Gasteiger charge is -2.10. The van der Waals surface area contributed by atoms with Crippen LogP contribution in [-0.2, 0) is 12.8 Å². The summed E-state index contributed by atoms with van der Waals surface area (Å²) in [5, 5.41) is 8.41. The molecule has 4 rings (SSSR count). The summed E-state index contributed by atoms with van der Waals surface area (Å²) < 4.78 is 41.1. The third kappa shape index (κ3) is 4.14. The maximum absolute atomic E-state index is 12.4. The Morgan fingerprint density at radius 3 is 2.50 bits per heavy atom. The summed E-state index contributed by atoms with van der Waals surface area (Å²) in [4.78, 5) is 4.02. The van der Waals surface area contributed by atoms with Gasteiger partial charge in [0, 0.05) is 23.5 Å². The van der Waals surface area contributed by atoms with Gasteiger partial charge in [0.05, 0.1) is 5.52 Å². The first-order valence-corrected chi connectivity index (χ1v) is 8.70. The van der Waals surface area contributed by atoms with Crippen LogP contribution in [0.25, 0.3) is 22.0 Å². The maximum atomic E-state index is 12.4. The van der Waals surface area contributed by atoms with E-state index in [2.05, 4.69) is 19.9 Å². The minimum atomic E-state index is -4.69. The number of hydrogen-bond acceptors (Lipinski definition) is 3. The number of rotatable bonds is 5. The van der Waals surface area contributed by atoms with Crippen molar-refractivity contribution in [2.24, 2.45) is 0 Å². The highest BCUT2D eigenvalue weighted by atomic mass is 19.4. The fourth-order valence-corrected chi connectivity index (χ4v) is 3.15. The quantitative estimate of drug-likeness (QED) is 0.508. The van der Waals surface area contributed by atoms with Crippen LogP contribution in [0, 0.1) is 0 Å². The predicted molar refractivity (Wildman–Crippen MR) is 99.9 cm³/mol. The SMILES string of the molecule is FC(F)(F)Oc1cccc(CCc2[nH]nc3cc(-c4ccncc4)ccc23)c1. The number of aromatic amines is 1. The van der Waals surface area contributed by atoms with Gasteiger partial charge in [0.1, 0.15) is 5.75 Å². The molecule has 7 heteroatoms. The molecule has 1 N–H and O–H groups in total. The standard InChI is InChI=1S/C21H16F3N3O/c22-21(23,24)28-17-3-1-2-14(12-17)4-7-19-18-6-5-16(13-20(18)27-26-19)15-8-10-25-11-9-15/h1-3,5-6,8-13H,4,7H2,(H,26,27). The van der Waals surface area contributed by atoms with Gasteiger partial charge in [-0.15, -0.1) is 13.2 Å². The third-order valence-electron chi connectivity index (χ3n) is 4.44. The number of halogens is 3. The van der Waals surface area contributed by atoms with Crippen LogP contribution in [0.3, 0.4) is 0 Å². The third-order valence-corrected chi connectivity index (χ3v) is 4.44. The van der Waals surface area contributed by atoms with Crippen LogP contribution in [0.2, 0.25) is 0 Å². The van der Waals surface area contributed by atoms with E-state index >= 15 is 0 Å². The molecule has 2 aromatic heterocycles. The lowest BCUT2D eigenvalue weighted by atomic mass is 10.0. The van der Waals surface area contributed by atoms with Crippen LogP contribution in [0.1, 0.15) is 11.3 Å². The number of H-pyrrole nitrogens is 1. The summed E-state index contributed by atoms with van der Waals surface area (Å²) in [5.41, 5.74) is 4.66. The average molecular weight is 383 g/mol. The van der Waals surface area contributed by atoms with E-state index in [1.165, 1.54) is 12.1 Å². The second-order valence-corrected chi connectivity index (χ2v) is 6.37. The summed E-state index contributed by atoms with van der Waals surface area (Å²) in [6.45, 7) is 0. The molecule has 0 radical (unpaired) electrons. The molecule has 0 spiro atoms. The van der Waals surface area contributed by atoms with Gasteiger partial charge < -0.3 is 4.74 Å². The van der Waals surface area contributed by atoms with E-state index in [9.17, 15) is 13.2 Å². The number of nitrogens with one attached hydrogen (secondary N) is 1. The molecule has 2 heterocycles. The molecule has 0 atom stereocenters. The molecule has 142 valence electrons. The van der Waals surface area contributed by atoms with Crippen molar-refractivity contribution >= 4 is 10.9 Å². The number of aromatic nitrogens is 3. The van der Waals surface area contributed by atoms with E-state index in [1.54, 1.807) is 24.5 Å². The first kappa shape index (κ1) is 18.0. The van der Waals surface area contributed by atoms with Crippen molar-refractivity contribution in [2.75, 3.05) is 0 Å². The number of nitrogens with zero attached hydrogens (tertiary/aromatic N) is 2. The fourth-order valence-electron chi connectivity index (χ4n) is 3.15. The minimum absolute atomic E-state index is 0.207. The predicted octanol–water partition coefficient (Wildman–Crippen LogP) is 5.31. The zero-order valence-corrected chi connectivity index (χ0v) is 14.7. The van der Waals surface area contributed by atoms with Crippen LogP contribution in [0.4, 0.5) is 13.2 Å². The Kier molecular flexibility index (Phi) is 4.73. The molecule has 4 nitrogen and oxygen atoms in total. The van der Waals surface area contributed by atoms with Crippen molar-refractivity contribution in [3.63, 3.8) is 0 Å². The van der Waals surface area contributed by atoms with E-state index in [4.69, 9.17) is 0 Å². The van der Waals surface area contributed by atoms with Crippen molar-refractivity contribution in [3.05, 3.63) is 78.2 Å². The molecule has 0 fully saturated rings. The van der Waals surface area contributed by atoms with Gasteiger partial charge in [0.2, 0.25) is 0 Å². The largest absolute Gasteiger partial charge is 0.573 e. The lowest BCUT2D eigenvalue weighted by Crippen LogP contribution is -2.17. The van der Waals surface area contributed by atoms with Gasteiger partial charge in [-0.3, -0.25) is 10.1 Å². The Hall–Kier alpha value is -3.35. The summed E-state index contributed by atoms with van der Waals surface area (Å²) in [6, 6.07) is 15.9. The van der Waals surface area contributed by atoms with Crippen LogP contribution in [0.15, 0.2) is 67.0 Å². The summed E-state index contributed by atoms with van der Waals surface area (Å²) in [6.07, 6.45) is -0.0119. The summed E-state index contributed by atoms with van der Waals surface area (Å²) >= 11 is 0. The number of fused-ring (bicyclic) bond motifs is 1. The number of aryl methyl sites for hydroxylation is 2. The molecule has 0 bridgehead atoms. The van der Waals surface area contributed by atoms with E-state index < -0.39 is 6.36 Å². The number of alkyl halides is 3. The molecule has 0 aliphatic rings. The summed E-state index contributed by atoms with van der Waals surface area (Å²) in [5.74, 6) is -0.207. The first-order valence-electron chi connectivity index (χ1n) is 8.70. The monoisotopic (exact) mass is 383 g/mol. The van der Waals surface area contributed by atoms with Crippen LogP contribution in [-0.4, -0.2) is 21.5 Å². The molecule has 0 aliphatic carbocycles. The Bertz CT molecular complexity index is 1090. The zero-order chi connectivity index (χ0) is 19.6. The van der Waals surface area contributed by atoms with Crippen molar-refractivity contribution in [2.45, 2.75) is 19.2 Å². The Morgan fingerprint density at radius 2 is 1.71 bits per heavy atom. The highest BCUT2D eigenvalue weighted by Gasteiger charge is 2.31. The molecular weight excluding hydrogens is 367 g/mol. The fraction of sp³-hybridized carbons (Fsp3) is 0.143. The lowest BCUT2D eigenvalue weighted by molar-refractivity contribution is -0.274. The van der Waals surface area contributed by atoms with Gasteiger partial charge in [-0.05, 0) is 59.9 Å². The molecule has 0 amide bonds. The Morgan fingerprint density at radius 1 is 0.893 bits per heavy atom. The highest BCUT2D eigenvalue weighted by Crippen LogP contribution is 2.26. The molecule has 2 aromatic carbocycles. The Labute approximate surface area is 159 Å². The van der Waals surface area contributed by atoms with E-state index in [0.29, 0.717) is 12.8 Å². The maximum Gasteiger partial charge on any atom is 0.573 e. The van der Waals surface area contributed by atoms with Crippen LogP contribution < -0.4 is 4.74 Å². The van der Waals surface area contributed by atoms with Crippen molar-refractivity contribution in [1.29, 1.82) is 0 Å². The highest BCUT2D eigenvalue weighted by molar-refractivity contribution is 5.86. The minimum Gasteiger partial charge on any atom is -0.406 e.